The van der Waals surface area contributed by atoms with Crippen molar-refractivity contribution in [2.45, 2.75) is 44.2 Å². The lowest BCUT2D eigenvalue weighted by Gasteiger charge is -2.36. The zero-order valence-corrected chi connectivity index (χ0v) is 16.6. The number of thioether (sulfide) groups is 1. The van der Waals surface area contributed by atoms with Gasteiger partial charge in [-0.2, -0.15) is 0 Å². The SMILES string of the molecule is Cl.N[C@@H]1CCCN(c2c(C=C3SC(=O)NC3=O)cccc2OC2CCC2)C1. The number of halogens is 1. The van der Waals surface area contributed by atoms with Crippen molar-refractivity contribution >= 4 is 47.1 Å². The highest BCUT2D eigenvalue weighted by Crippen LogP contribution is 2.39. The van der Waals surface area contributed by atoms with Crippen LogP contribution in [0.5, 0.6) is 5.75 Å². The maximum atomic E-state index is 12.0. The van der Waals surface area contributed by atoms with Gasteiger partial charge in [0.05, 0.1) is 16.7 Å². The van der Waals surface area contributed by atoms with Crippen molar-refractivity contribution in [2.75, 3.05) is 18.0 Å². The molecule has 0 unspecified atom stereocenters. The monoisotopic (exact) mass is 409 g/mol. The van der Waals surface area contributed by atoms with Crippen LogP contribution in [0.2, 0.25) is 0 Å². The Morgan fingerprint density at radius 2 is 2.04 bits per heavy atom. The van der Waals surface area contributed by atoms with E-state index in [1.807, 2.05) is 18.2 Å². The first-order valence-electron chi connectivity index (χ1n) is 9.15. The molecule has 4 rings (SSSR count). The van der Waals surface area contributed by atoms with Gasteiger partial charge < -0.3 is 15.4 Å². The molecule has 0 spiro atoms. The molecule has 3 fully saturated rings. The molecule has 0 bridgehead atoms. The molecule has 1 atom stereocenters. The Labute approximate surface area is 169 Å². The number of anilines is 1. The highest BCUT2D eigenvalue weighted by Gasteiger charge is 2.28. The quantitative estimate of drug-likeness (QED) is 0.742. The number of hydrogen-bond donors (Lipinski definition) is 2. The molecule has 0 aromatic heterocycles. The number of carbonyl (C=O) groups excluding carboxylic acids is 2. The van der Waals surface area contributed by atoms with E-state index in [-0.39, 0.29) is 35.7 Å². The number of nitrogens with two attached hydrogens (primary N) is 1. The van der Waals surface area contributed by atoms with Crippen molar-refractivity contribution in [3.05, 3.63) is 28.7 Å². The fourth-order valence-electron chi connectivity index (χ4n) is 3.53. The molecule has 146 valence electrons. The second-order valence-electron chi connectivity index (χ2n) is 7.07. The highest BCUT2D eigenvalue weighted by atomic mass is 35.5. The van der Waals surface area contributed by atoms with Crippen LogP contribution < -0.4 is 20.7 Å². The van der Waals surface area contributed by atoms with Crippen LogP contribution in [-0.4, -0.2) is 36.4 Å². The highest BCUT2D eigenvalue weighted by molar-refractivity contribution is 8.18. The van der Waals surface area contributed by atoms with Crippen LogP contribution in [0.1, 0.15) is 37.7 Å². The van der Waals surface area contributed by atoms with E-state index in [2.05, 4.69) is 10.2 Å². The summed E-state index contributed by atoms with van der Waals surface area (Å²) in [4.78, 5) is 26.1. The Morgan fingerprint density at radius 1 is 1.22 bits per heavy atom. The molecule has 2 heterocycles. The normalized spacial score (nSPS) is 24.4. The van der Waals surface area contributed by atoms with E-state index in [4.69, 9.17) is 10.5 Å². The third-order valence-corrected chi connectivity index (χ3v) is 5.89. The van der Waals surface area contributed by atoms with Crippen molar-refractivity contribution in [2.24, 2.45) is 5.73 Å². The molecule has 2 amide bonds. The van der Waals surface area contributed by atoms with Gasteiger partial charge in [0.1, 0.15) is 5.75 Å². The maximum Gasteiger partial charge on any atom is 0.290 e. The van der Waals surface area contributed by atoms with Gasteiger partial charge in [0.2, 0.25) is 0 Å². The van der Waals surface area contributed by atoms with Crippen molar-refractivity contribution in [1.29, 1.82) is 0 Å². The van der Waals surface area contributed by atoms with E-state index in [0.29, 0.717) is 4.91 Å². The molecule has 27 heavy (non-hydrogen) atoms. The van der Waals surface area contributed by atoms with Gasteiger partial charge >= 0.3 is 0 Å². The predicted molar refractivity (Wildman–Crippen MR) is 110 cm³/mol. The molecule has 8 heteroatoms. The molecule has 2 aliphatic heterocycles. The van der Waals surface area contributed by atoms with E-state index in [0.717, 1.165) is 67.5 Å². The number of rotatable bonds is 4. The number of piperidine rings is 1. The van der Waals surface area contributed by atoms with Crippen molar-refractivity contribution < 1.29 is 14.3 Å². The van der Waals surface area contributed by atoms with E-state index < -0.39 is 0 Å². The number of nitrogens with zero attached hydrogens (tertiary/aromatic N) is 1. The minimum atomic E-state index is -0.341. The first-order chi connectivity index (χ1) is 12.6. The van der Waals surface area contributed by atoms with Gasteiger partial charge in [0, 0.05) is 24.7 Å². The second-order valence-corrected chi connectivity index (χ2v) is 8.08. The lowest BCUT2D eigenvalue weighted by Crippen LogP contribution is -2.43. The standard InChI is InChI=1S/C19H23N3O3S.ClH/c20-13-5-3-9-22(11-13)17-12(10-16-18(23)21-19(24)26-16)4-1-8-15(17)25-14-6-2-7-14;/h1,4,8,10,13-14H,2-3,5-7,9,11,20H2,(H,21,23,24);1H/t13-;/m1./s1. The molecule has 1 aliphatic carbocycles. The minimum absolute atomic E-state index is 0. The Bertz CT molecular complexity index is 767. The van der Waals surface area contributed by atoms with Crippen LogP contribution in [0.25, 0.3) is 6.08 Å². The van der Waals surface area contributed by atoms with Crippen LogP contribution in [0, 0.1) is 0 Å². The second kappa shape index (κ2) is 8.54. The molecule has 1 aromatic rings. The number of hydrogen-bond acceptors (Lipinski definition) is 6. The smallest absolute Gasteiger partial charge is 0.290 e. The predicted octanol–water partition coefficient (Wildman–Crippen LogP) is 3.29. The number of ether oxygens (including phenoxy) is 1. The first-order valence-corrected chi connectivity index (χ1v) is 9.97. The summed E-state index contributed by atoms with van der Waals surface area (Å²) in [7, 11) is 0. The minimum Gasteiger partial charge on any atom is -0.488 e. The van der Waals surface area contributed by atoms with E-state index in [9.17, 15) is 9.59 Å². The van der Waals surface area contributed by atoms with Gasteiger partial charge in [-0.25, -0.2) is 0 Å². The molecule has 1 aromatic carbocycles. The molecule has 3 aliphatic rings. The molecular weight excluding hydrogens is 386 g/mol. The average Bonchev–Trinajstić information content (AvgIpc) is 2.88. The molecular formula is C19H24ClN3O3S. The summed E-state index contributed by atoms with van der Waals surface area (Å²) in [5, 5.41) is 1.98. The lowest BCUT2D eigenvalue weighted by molar-refractivity contribution is -0.115. The molecule has 3 N–H and O–H groups in total. The van der Waals surface area contributed by atoms with E-state index >= 15 is 0 Å². The third kappa shape index (κ3) is 4.42. The van der Waals surface area contributed by atoms with E-state index in [1.165, 1.54) is 6.42 Å². The first kappa shape index (κ1) is 20.0. The van der Waals surface area contributed by atoms with Gasteiger partial charge in [-0.15, -0.1) is 12.4 Å². The average molecular weight is 410 g/mol. The van der Waals surface area contributed by atoms with Crippen molar-refractivity contribution in [3.8, 4) is 5.75 Å². The van der Waals surface area contributed by atoms with Gasteiger partial charge in [0.15, 0.2) is 0 Å². The largest absolute Gasteiger partial charge is 0.488 e. The number of benzene rings is 1. The van der Waals surface area contributed by atoms with Crippen LogP contribution >= 0.6 is 24.2 Å². The number of carbonyl (C=O) groups is 2. The Balaban J connectivity index is 0.00000210. The molecule has 0 radical (unpaired) electrons. The summed E-state index contributed by atoms with van der Waals surface area (Å²) in [5.41, 5.74) is 8.07. The topological polar surface area (TPSA) is 84.7 Å². The van der Waals surface area contributed by atoms with Gasteiger partial charge in [-0.3, -0.25) is 14.9 Å². The van der Waals surface area contributed by atoms with Crippen molar-refractivity contribution in [1.82, 2.24) is 5.32 Å². The summed E-state index contributed by atoms with van der Waals surface area (Å²) in [5.74, 6) is 0.500. The van der Waals surface area contributed by atoms with Crippen LogP contribution in [0.15, 0.2) is 23.1 Å². The maximum absolute atomic E-state index is 12.0. The Kier molecular flexibility index (Phi) is 6.34. The lowest BCUT2D eigenvalue weighted by atomic mass is 9.96. The summed E-state index contributed by atoms with van der Waals surface area (Å²) in [6.45, 7) is 1.67. The van der Waals surface area contributed by atoms with Crippen LogP contribution in [-0.2, 0) is 4.79 Å². The molecule has 6 nitrogen and oxygen atoms in total. The number of amides is 2. The zero-order valence-electron chi connectivity index (χ0n) is 15.0. The van der Waals surface area contributed by atoms with Gasteiger partial charge in [0.25, 0.3) is 11.1 Å². The number of nitrogens with one attached hydrogen (secondary N) is 1. The van der Waals surface area contributed by atoms with Gasteiger partial charge in [-0.05, 0) is 56.0 Å². The van der Waals surface area contributed by atoms with Crippen LogP contribution in [0.4, 0.5) is 10.5 Å². The summed E-state index contributed by atoms with van der Waals surface area (Å²) in [6.07, 6.45) is 7.47. The summed E-state index contributed by atoms with van der Waals surface area (Å²) >= 11 is 0.937. The molecule has 2 saturated heterocycles. The van der Waals surface area contributed by atoms with Gasteiger partial charge in [-0.1, -0.05) is 12.1 Å². The number of para-hydroxylation sites is 1. The number of imide groups is 1. The zero-order chi connectivity index (χ0) is 18.1. The van der Waals surface area contributed by atoms with Crippen LogP contribution in [0.3, 0.4) is 0 Å². The van der Waals surface area contributed by atoms with Crippen molar-refractivity contribution in [3.63, 3.8) is 0 Å². The Morgan fingerprint density at radius 3 is 2.67 bits per heavy atom. The molecule has 1 saturated carbocycles. The van der Waals surface area contributed by atoms with E-state index in [1.54, 1.807) is 6.08 Å². The fourth-order valence-corrected chi connectivity index (χ4v) is 4.21. The third-order valence-electron chi connectivity index (χ3n) is 5.08. The summed E-state index contributed by atoms with van der Waals surface area (Å²) in [6, 6.07) is 6.02. The fraction of sp³-hybridized carbons (Fsp3) is 0.474. The Hall–Kier alpha value is -1.70. The summed E-state index contributed by atoms with van der Waals surface area (Å²) < 4.78 is 6.24.